The molecule has 0 radical (unpaired) electrons. The van der Waals surface area contributed by atoms with Gasteiger partial charge >= 0.3 is 11.9 Å². The summed E-state index contributed by atoms with van der Waals surface area (Å²) in [4.78, 5) is 25.5. The van der Waals surface area contributed by atoms with E-state index in [0.29, 0.717) is 36.0 Å². The lowest BCUT2D eigenvalue weighted by molar-refractivity contribution is 0.0549. The highest BCUT2D eigenvalue weighted by atomic mass is 16.5. The first kappa shape index (κ1) is 22.9. The van der Waals surface area contributed by atoms with Crippen LogP contribution in [0.1, 0.15) is 41.1 Å². The fraction of sp³-hybridized carbons (Fsp3) is 0.292. The van der Waals surface area contributed by atoms with Crippen LogP contribution < -0.4 is 9.47 Å². The van der Waals surface area contributed by atoms with Crippen LogP contribution in [0, 0.1) is 0 Å². The number of hydrogen-bond donors (Lipinski definition) is 0. The van der Waals surface area contributed by atoms with Gasteiger partial charge in [-0.1, -0.05) is 25.1 Å². The molecule has 0 bridgehead atoms. The molecule has 0 aliphatic carbocycles. The first-order valence-electron chi connectivity index (χ1n) is 10.3. The molecule has 1 heterocycles. The minimum atomic E-state index is -0.707. The molecule has 8 heteroatoms. The van der Waals surface area contributed by atoms with Gasteiger partial charge in [0.1, 0.15) is 11.3 Å². The zero-order chi connectivity index (χ0) is 23.1. The molecule has 0 saturated heterocycles. The largest absolute Gasteiger partial charge is 0.490 e. The quantitative estimate of drug-likeness (QED) is 0.460. The van der Waals surface area contributed by atoms with E-state index in [9.17, 15) is 9.59 Å². The maximum atomic E-state index is 12.8. The summed E-state index contributed by atoms with van der Waals surface area (Å²) in [6.07, 6.45) is 0.851. The first-order chi connectivity index (χ1) is 15.5. The van der Waals surface area contributed by atoms with Gasteiger partial charge in [-0.3, -0.25) is 0 Å². The summed E-state index contributed by atoms with van der Waals surface area (Å²) in [5.41, 5.74) is 1.41. The lowest BCUT2D eigenvalue weighted by atomic mass is 10.0. The van der Waals surface area contributed by atoms with Crippen molar-refractivity contribution in [3.05, 3.63) is 59.8 Å². The summed E-state index contributed by atoms with van der Waals surface area (Å²) in [5, 5.41) is 4.60. The second-order valence-corrected chi connectivity index (χ2v) is 6.75. The monoisotopic (exact) mass is 438 g/mol. The molecule has 0 unspecified atom stereocenters. The van der Waals surface area contributed by atoms with Crippen LogP contribution in [0.4, 0.5) is 0 Å². The highest BCUT2D eigenvalue weighted by Gasteiger charge is 2.31. The van der Waals surface area contributed by atoms with Crippen LogP contribution in [0.15, 0.2) is 48.5 Å². The molecule has 0 fully saturated rings. The third-order valence-electron chi connectivity index (χ3n) is 4.63. The Kier molecular flexibility index (Phi) is 7.49. The number of hydrogen-bond acceptors (Lipinski definition) is 7. The predicted molar refractivity (Wildman–Crippen MR) is 119 cm³/mol. The fourth-order valence-corrected chi connectivity index (χ4v) is 3.21. The smallest absolute Gasteiger partial charge is 0.357 e. The highest BCUT2D eigenvalue weighted by Crippen LogP contribution is 2.35. The molecule has 3 aromatic rings. The van der Waals surface area contributed by atoms with E-state index in [2.05, 4.69) is 5.10 Å². The number of benzene rings is 2. The van der Waals surface area contributed by atoms with Crippen LogP contribution >= 0.6 is 0 Å². The van der Waals surface area contributed by atoms with Crippen molar-refractivity contribution in [3.63, 3.8) is 0 Å². The summed E-state index contributed by atoms with van der Waals surface area (Å²) in [6, 6.07) is 14.3. The van der Waals surface area contributed by atoms with E-state index < -0.39 is 11.9 Å². The Morgan fingerprint density at radius 2 is 1.62 bits per heavy atom. The number of esters is 2. The second-order valence-electron chi connectivity index (χ2n) is 6.75. The average molecular weight is 438 g/mol. The molecular formula is C24H26N2O6. The Morgan fingerprint density at radius 3 is 2.25 bits per heavy atom. The SMILES string of the molecule is CCCOc1ccc(-c2nn(-c3ccccc3)c(C(=O)OC)c2C(=O)OC)cc1OCC. The molecule has 1 aromatic heterocycles. The Bertz CT molecular complexity index is 1090. The Hall–Kier alpha value is -3.81. The third kappa shape index (κ3) is 4.59. The van der Waals surface area contributed by atoms with Crippen molar-refractivity contribution in [2.24, 2.45) is 0 Å². The van der Waals surface area contributed by atoms with Gasteiger partial charge in [0.05, 0.1) is 33.1 Å². The summed E-state index contributed by atoms with van der Waals surface area (Å²) >= 11 is 0. The molecule has 0 atom stereocenters. The minimum absolute atomic E-state index is 0.00729. The van der Waals surface area contributed by atoms with Gasteiger partial charge in [0.2, 0.25) is 0 Å². The number of carbonyl (C=O) groups excluding carboxylic acids is 2. The summed E-state index contributed by atoms with van der Waals surface area (Å²) < 4.78 is 22.8. The first-order valence-corrected chi connectivity index (χ1v) is 10.3. The molecule has 0 amide bonds. The van der Waals surface area contributed by atoms with Crippen molar-refractivity contribution in [2.75, 3.05) is 27.4 Å². The van der Waals surface area contributed by atoms with E-state index in [1.165, 1.54) is 18.9 Å². The number of methoxy groups -OCH3 is 2. The molecule has 2 aromatic carbocycles. The van der Waals surface area contributed by atoms with E-state index >= 15 is 0 Å². The van der Waals surface area contributed by atoms with E-state index in [1.807, 2.05) is 32.0 Å². The molecule has 32 heavy (non-hydrogen) atoms. The number of aromatic nitrogens is 2. The molecule has 0 aliphatic heterocycles. The molecule has 0 spiro atoms. The van der Waals surface area contributed by atoms with Gasteiger partial charge in [0, 0.05) is 5.56 Å². The summed E-state index contributed by atoms with van der Waals surface area (Å²) in [7, 11) is 2.50. The van der Waals surface area contributed by atoms with Crippen LogP contribution in [0.5, 0.6) is 11.5 Å². The van der Waals surface area contributed by atoms with Crippen molar-refractivity contribution >= 4 is 11.9 Å². The van der Waals surface area contributed by atoms with E-state index in [0.717, 1.165) is 6.42 Å². The summed E-state index contributed by atoms with van der Waals surface area (Å²) in [6.45, 7) is 4.86. The maximum Gasteiger partial charge on any atom is 0.357 e. The highest BCUT2D eigenvalue weighted by molar-refractivity contribution is 6.06. The normalized spacial score (nSPS) is 10.5. The van der Waals surface area contributed by atoms with Crippen molar-refractivity contribution < 1.29 is 28.5 Å². The van der Waals surface area contributed by atoms with Crippen LogP contribution in [0.25, 0.3) is 16.9 Å². The van der Waals surface area contributed by atoms with Crippen LogP contribution in [0.3, 0.4) is 0 Å². The standard InChI is InChI=1S/C24H26N2O6/c1-5-14-32-18-13-12-16(15-19(18)31-6-2)21-20(23(27)29-3)22(24(28)30-4)26(25-21)17-10-8-7-9-11-17/h7-13,15H,5-6,14H2,1-4H3. The number of para-hydroxylation sites is 1. The lowest BCUT2D eigenvalue weighted by Crippen LogP contribution is -2.15. The van der Waals surface area contributed by atoms with Gasteiger partial charge < -0.3 is 18.9 Å². The number of nitrogens with zero attached hydrogens (tertiary/aromatic N) is 2. The number of rotatable bonds is 9. The molecular weight excluding hydrogens is 412 g/mol. The van der Waals surface area contributed by atoms with Crippen LogP contribution in [0.2, 0.25) is 0 Å². The number of carbonyl (C=O) groups is 2. The topological polar surface area (TPSA) is 88.9 Å². The molecule has 8 nitrogen and oxygen atoms in total. The van der Waals surface area contributed by atoms with E-state index in [4.69, 9.17) is 18.9 Å². The van der Waals surface area contributed by atoms with Crippen molar-refractivity contribution in [1.29, 1.82) is 0 Å². The molecule has 3 rings (SSSR count). The maximum absolute atomic E-state index is 12.8. The number of ether oxygens (including phenoxy) is 4. The predicted octanol–water partition coefficient (Wildman–Crippen LogP) is 4.30. The molecule has 0 saturated carbocycles. The van der Waals surface area contributed by atoms with E-state index in [1.54, 1.807) is 30.3 Å². The van der Waals surface area contributed by atoms with Gasteiger partial charge in [-0.25, -0.2) is 14.3 Å². The van der Waals surface area contributed by atoms with Crippen LogP contribution in [-0.4, -0.2) is 49.2 Å². The Labute approximate surface area is 186 Å². The third-order valence-corrected chi connectivity index (χ3v) is 4.63. The van der Waals surface area contributed by atoms with Crippen molar-refractivity contribution in [1.82, 2.24) is 9.78 Å². The lowest BCUT2D eigenvalue weighted by Gasteiger charge is -2.12. The second kappa shape index (κ2) is 10.5. The van der Waals surface area contributed by atoms with Gasteiger partial charge in [0.15, 0.2) is 17.2 Å². The van der Waals surface area contributed by atoms with Crippen molar-refractivity contribution in [3.8, 4) is 28.4 Å². The fourth-order valence-electron chi connectivity index (χ4n) is 3.21. The zero-order valence-corrected chi connectivity index (χ0v) is 18.6. The molecule has 168 valence electrons. The van der Waals surface area contributed by atoms with E-state index in [-0.39, 0.29) is 17.0 Å². The van der Waals surface area contributed by atoms with Gasteiger partial charge in [-0.15, -0.1) is 0 Å². The Balaban J connectivity index is 2.26. The van der Waals surface area contributed by atoms with Crippen LogP contribution in [-0.2, 0) is 9.47 Å². The van der Waals surface area contributed by atoms with Gasteiger partial charge in [0.25, 0.3) is 0 Å². The minimum Gasteiger partial charge on any atom is -0.490 e. The van der Waals surface area contributed by atoms with Crippen molar-refractivity contribution in [2.45, 2.75) is 20.3 Å². The molecule has 0 N–H and O–H groups in total. The zero-order valence-electron chi connectivity index (χ0n) is 18.6. The average Bonchev–Trinajstić information content (AvgIpc) is 3.23. The van der Waals surface area contributed by atoms with Gasteiger partial charge in [-0.2, -0.15) is 5.10 Å². The molecule has 0 aliphatic rings. The Morgan fingerprint density at radius 1 is 0.906 bits per heavy atom. The summed E-state index contributed by atoms with van der Waals surface area (Å²) in [5.74, 6) is -0.302. The van der Waals surface area contributed by atoms with Gasteiger partial charge in [-0.05, 0) is 43.7 Å².